The molecule has 1 N–H and O–H groups in total. The van der Waals surface area contributed by atoms with Gasteiger partial charge in [0.15, 0.2) is 0 Å². The third kappa shape index (κ3) is 2.06. The van der Waals surface area contributed by atoms with Crippen molar-refractivity contribution in [3.05, 3.63) is 33.8 Å². The summed E-state index contributed by atoms with van der Waals surface area (Å²) in [5, 5.41) is 3.53. The molecule has 1 aliphatic carbocycles. The maximum atomic E-state index is 3.58. The van der Waals surface area contributed by atoms with Gasteiger partial charge < -0.3 is 5.32 Å². The first-order valence-electron chi connectivity index (χ1n) is 6.68. The van der Waals surface area contributed by atoms with E-state index in [2.05, 4.69) is 46.4 Å². The van der Waals surface area contributed by atoms with Gasteiger partial charge in [0.25, 0.3) is 0 Å². The molecule has 1 heterocycles. The molecule has 0 saturated carbocycles. The second kappa shape index (κ2) is 4.40. The van der Waals surface area contributed by atoms with Crippen LogP contribution in [0.15, 0.2) is 22.7 Å². The van der Waals surface area contributed by atoms with Crippen molar-refractivity contribution in [3.63, 3.8) is 0 Å². The molecule has 2 atom stereocenters. The summed E-state index contributed by atoms with van der Waals surface area (Å²) in [6.45, 7) is 4.83. The zero-order valence-electron chi connectivity index (χ0n) is 10.4. The summed E-state index contributed by atoms with van der Waals surface area (Å²) in [4.78, 5) is 0. The van der Waals surface area contributed by atoms with Gasteiger partial charge in [0, 0.05) is 4.47 Å². The first kappa shape index (κ1) is 11.7. The lowest BCUT2D eigenvalue weighted by Crippen LogP contribution is -2.46. The lowest BCUT2D eigenvalue weighted by atomic mass is 9.62. The van der Waals surface area contributed by atoms with Gasteiger partial charge in [-0.2, -0.15) is 0 Å². The van der Waals surface area contributed by atoms with Crippen LogP contribution in [-0.4, -0.2) is 13.1 Å². The first-order valence-corrected chi connectivity index (χ1v) is 7.47. The molecule has 0 aromatic heterocycles. The average Bonchev–Trinajstić information content (AvgIpc) is 2.34. The molecule has 2 heteroatoms. The number of aryl methyl sites for hydroxylation is 1. The van der Waals surface area contributed by atoms with Crippen LogP contribution < -0.4 is 5.32 Å². The van der Waals surface area contributed by atoms with Crippen molar-refractivity contribution in [3.8, 4) is 0 Å². The fourth-order valence-electron chi connectivity index (χ4n) is 3.60. The summed E-state index contributed by atoms with van der Waals surface area (Å²) >= 11 is 3.58. The molecule has 1 fully saturated rings. The number of hydrogen-bond acceptors (Lipinski definition) is 1. The second-order valence-electron chi connectivity index (χ2n) is 5.81. The van der Waals surface area contributed by atoms with Crippen LogP contribution >= 0.6 is 15.9 Å². The molecule has 0 bridgehead atoms. The van der Waals surface area contributed by atoms with E-state index in [1.807, 2.05) is 0 Å². The molecule has 1 saturated heterocycles. The zero-order valence-corrected chi connectivity index (χ0v) is 12.0. The van der Waals surface area contributed by atoms with Gasteiger partial charge in [0.2, 0.25) is 0 Å². The van der Waals surface area contributed by atoms with E-state index < -0.39 is 0 Å². The Morgan fingerprint density at radius 3 is 3.00 bits per heavy atom. The zero-order chi connectivity index (χ0) is 11.9. The van der Waals surface area contributed by atoms with Gasteiger partial charge in [-0.3, -0.25) is 0 Å². The lowest BCUT2D eigenvalue weighted by Gasteiger charge is -2.46. The molecular weight excluding hydrogens is 274 g/mol. The third-order valence-corrected chi connectivity index (χ3v) is 5.39. The average molecular weight is 294 g/mol. The Morgan fingerprint density at radius 1 is 1.29 bits per heavy atom. The number of nitrogens with one attached hydrogen (secondary N) is 1. The van der Waals surface area contributed by atoms with Crippen molar-refractivity contribution in [1.82, 2.24) is 5.32 Å². The number of halogens is 1. The quantitative estimate of drug-likeness (QED) is 0.771. The Bertz CT molecular complexity index is 429. The third-order valence-electron chi connectivity index (χ3n) is 4.90. The van der Waals surface area contributed by atoms with E-state index in [1.165, 1.54) is 43.2 Å². The smallest absolute Gasteiger partial charge is 0.0178 e. The van der Waals surface area contributed by atoms with Crippen LogP contribution in [0.4, 0.5) is 0 Å². The summed E-state index contributed by atoms with van der Waals surface area (Å²) in [5.41, 5.74) is 3.73. The maximum Gasteiger partial charge on any atom is 0.0178 e. The van der Waals surface area contributed by atoms with Gasteiger partial charge in [-0.25, -0.2) is 0 Å². The number of benzene rings is 1. The molecule has 1 aromatic rings. The topological polar surface area (TPSA) is 12.0 Å². The Balaban J connectivity index is 1.91. The minimum atomic E-state index is 0.575. The SMILES string of the molecule is CC1CNCCC12CCc1cc(Br)ccc1C2. The van der Waals surface area contributed by atoms with Gasteiger partial charge in [0.05, 0.1) is 0 Å². The van der Waals surface area contributed by atoms with Crippen molar-refractivity contribution in [1.29, 1.82) is 0 Å². The van der Waals surface area contributed by atoms with Gasteiger partial charge in [-0.1, -0.05) is 28.9 Å². The molecule has 92 valence electrons. The fraction of sp³-hybridized carbons (Fsp3) is 0.600. The summed E-state index contributed by atoms with van der Waals surface area (Å²) in [5.74, 6) is 0.813. The number of rotatable bonds is 0. The van der Waals surface area contributed by atoms with Crippen LogP contribution in [0.1, 0.15) is 30.9 Å². The van der Waals surface area contributed by atoms with E-state index in [0.29, 0.717) is 5.41 Å². The number of fused-ring (bicyclic) bond motifs is 1. The van der Waals surface area contributed by atoms with Crippen molar-refractivity contribution < 1.29 is 0 Å². The predicted molar refractivity (Wildman–Crippen MR) is 75.3 cm³/mol. The predicted octanol–water partition coefficient (Wildman–Crippen LogP) is 3.55. The molecule has 0 radical (unpaired) electrons. The maximum absolute atomic E-state index is 3.58. The molecule has 2 aliphatic rings. The molecule has 1 aliphatic heterocycles. The van der Waals surface area contributed by atoms with Crippen molar-refractivity contribution in [2.45, 2.75) is 32.6 Å². The second-order valence-corrected chi connectivity index (χ2v) is 6.72. The standard InChI is InChI=1S/C15H20BrN/c1-11-10-17-7-6-15(11)5-4-12-8-14(16)3-2-13(12)9-15/h2-3,8,11,17H,4-7,9-10H2,1H3. The highest BCUT2D eigenvalue weighted by molar-refractivity contribution is 9.10. The molecule has 1 nitrogen and oxygen atoms in total. The molecule has 17 heavy (non-hydrogen) atoms. The first-order chi connectivity index (χ1) is 8.20. The summed E-state index contributed by atoms with van der Waals surface area (Å²) in [6, 6.07) is 6.84. The van der Waals surface area contributed by atoms with E-state index in [9.17, 15) is 0 Å². The highest BCUT2D eigenvalue weighted by Crippen LogP contribution is 2.45. The van der Waals surface area contributed by atoms with E-state index in [4.69, 9.17) is 0 Å². The Kier molecular flexibility index (Phi) is 3.04. The minimum Gasteiger partial charge on any atom is -0.316 e. The molecule has 1 spiro atoms. The highest BCUT2D eigenvalue weighted by atomic mass is 79.9. The molecule has 1 aromatic carbocycles. The van der Waals surface area contributed by atoms with Gasteiger partial charge in [-0.05, 0) is 73.4 Å². The number of hydrogen-bond donors (Lipinski definition) is 1. The Morgan fingerprint density at radius 2 is 2.18 bits per heavy atom. The fourth-order valence-corrected chi connectivity index (χ4v) is 4.01. The van der Waals surface area contributed by atoms with Crippen molar-refractivity contribution >= 4 is 15.9 Å². The molecular formula is C15H20BrN. The van der Waals surface area contributed by atoms with Crippen molar-refractivity contribution in [2.24, 2.45) is 11.3 Å². The van der Waals surface area contributed by atoms with Crippen molar-refractivity contribution in [2.75, 3.05) is 13.1 Å². The van der Waals surface area contributed by atoms with Crippen LogP contribution in [0.5, 0.6) is 0 Å². The monoisotopic (exact) mass is 293 g/mol. The summed E-state index contributed by atoms with van der Waals surface area (Å²) < 4.78 is 1.23. The van der Waals surface area contributed by atoms with Crippen LogP contribution in [0.25, 0.3) is 0 Å². The summed E-state index contributed by atoms with van der Waals surface area (Å²) in [7, 11) is 0. The van der Waals surface area contributed by atoms with Gasteiger partial charge >= 0.3 is 0 Å². The normalized spacial score (nSPS) is 32.5. The van der Waals surface area contributed by atoms with E-state index in [0.717, 1.165) is 5.92 Å². The molecule has 3 rings (SSSR count). The number of piperidine rings is 1. The van der Waals surface area contributed by atoms with E-state index >= 15 is 0 Å². The van der Waals surface area contributed by atoms with Gasteiger partial charge in [-0.15, -0.1) is 0 Å². The minimum absolute atomic E-state index is 0.575. The summed E-state index contributed by atoms with van der Waals surface area (Å²) in [6.07, 6.45) is 5.28. The van der Waals surface area contributed by atoms with Crippen LogP contribution in [0.2, 0.25) is 0 Å². The van der Waals surface area contributed by atoms with E-state index in [-0.39, 0.29) is 0 Å². The van der Waals surface area contributed by atoms with Crippen LogP contribution in [0, 0.1) is 11.3 Å². The Hall–Kier alpha value is -0.340. The van der Waals surface area contributed by atoms with Crippen LogP contribution in [-0.2, 0) is 12.8 Å². The molecule has 0 amide bonds. The van der Waals surface area contributed by atoms with Gasteiger partial charge in [0.1, 0.15) is 0 Å². The van der Waals surface area contributed by atoms with E-state index in [1.54, 1.807) is 11.1 Å². The largest absolute Gasteiger partial charge is 0.316 e. The van der Waals surface area contributed by atoms with Crippen LogP contribution in [0.3, 0.4) is 0 Å². The Labute approximate surface area is 112 Å². The highest BCUT2D eigenvalue weighted by Gasteiger charge is 2.40. The lowest BCUT2D eigenvalue weighted by molar-refractivity contribution is 0.101. The molecule has 2 unspecified atom stereocenters.